The van der Waals surface area contributed by atoms with Crippen LogP contribution in [0.2, 0.25) is 0 Å². The summed E-state index contributed by atoms with van der Waals surface area (Å²) in [6, 6.07) is 104. The summed E-state index contributed by atoms with van der Waals surface area (Å²) in [4.78, 5) is 0. The third kappa shape index (κ3) is 6.65. The van der Waals surface area contributed by atoms with Gasteiger partial charge in [0.1, 0.15) is 0 Å². The summed E-state index contributed by atoms with van der Waals surface area (Å²) in [5.74, 6) is 0. The van der Waals surface area contributed by atoms with Crippen molar-refractivity contribution in [2.45, 2.75) is 0 Å². The van der Waals surface area contributed by atoms with Gasteiger partial charge in [0.05, 0.1) is 5.52 Å². The average Bonchev–Trinajstić information content (AvgIpc) is 4.25. The molecule has 3 aromatic heterocycles. The van der Waals surface area contributed by atoms with Gasteiger partial charge in [0.25, 0.3) is 0 Å². The van der Waals surface area contributed by atoms with Gasteiger partial charge >= 0.3 is 339 Å². The van der Waals surface area contributed by atoms with Crippen molar-refractivity contribution in [3.8, 4) is 55.9 Å². The quantitative estimate of drug-likeness (QED) is 0.116. The van der Waals surface area contributed by atoms with E-state index in [-0.39, 0.29) is 14.5 Å². The van der Waals surface area contributed by atoms with Crippen molar-refractivity contribution in [3.63, 3.8) is 0 Å². The number of hydrogen-bond acceptors (Lipinski definition) is 0. The van der Waals surface area contributed by atoms with Crippen LogP contribution < -0.4 is 0 Å². The van der Waals surface area contributed by atoms with E-state index in [1.807, 2.05) is 0 Å². The summed E-state index contributed by atoms with van der Waals surface area (Å²) in [5.41, 5.74) is 17.2. The van der Waals surface area contributed by atoms with Gasteiger partial charge in [0, 0.05) is 11.1 Å². The maximum Gasteiger partial charge on any atom is -0.0380 e. The fraction of sp³-hybridized carbons (Fsp3) is 0. The Labute approximate surface area is 461 Å². The standard InChI is InChI=1S/C76H46N2Se/c1-3-19-51(20-4-1)77-67-33-17-15-23-53(67)55-39-35-48(44-69(55)77)74-60-27-9-7-25-58(60)73(59-26-8-10-28-61(59)74)47-38-42-71-66(43-47)57-41-37-50(46-72(57)79-71)76-64-31-13-11-29-62(64)75(63-30-12-14-32-65(63)76)49-36-40-56-54-24-16-18-34-68(54)78(70(56)45-49)52-21-5-2-6-22-52/h1-46H. The third-order valence-corrected chi connectivity index (χ3v) is 19.2. The molecule has 17 aromatic rings. The summed E-state index contributed by atoms with van der Waals surface area (Å²) < 4.78 is 7.72. The normalized spacial score (nSPS) is 12.1. The number of para-hydroxylation sites is 4. The van der Waals surface area contributed by atoms with Gasteiger partial charge in [-0.2, -0.15) is 0 Å². The maximum absolute atomic E-state index is 2.51. The van der Waals surface area contributed by atoms with Crippen molar-refractivity contribution in [3.05, 3.63) is 279 Å². The molecule has 0 fully saturated rings. The van der Waals surface area contributed by atoms with Crippen molar-refractivity contribution in [2.24, 2.45) is 0 Å². The second-order valence-electron chi connectivity index (χ2n) is 21.0. The van der Waals surface area contributed by atoms with Crippen LogP contribution in [0.3, 0.4) is 0 Å². The van der Waals surface area contributed by atoms with Gasteiger partial charge in [-0.05, 0) is 36.4 Å². The first-order valence-electron chi connectivity index (χ1n) is 27.2. The number of hydrogen-bond donors (Lipinski definition) is 0. The summed E-state index contributed by atoms with van der Waals surface area (Å²) in [6.07, 6.45) is 0. The zero-order chi connectivity index (χ0) is 51.7. The zero-order valence-electron chi connectivity index (χ0n) is 42.9. The van der Waals surface area contributed by atoms with E-state index in [2.05, 4.69) is 288 Å². The van der Waals surface area contributed by atoms with Crippen molar-refractivity contribution in [1.82, 2.24) is 9.13 Å². The Morgan fingerprint density at radius 2 is 0.494 bits per heavy atom. The summed E-state index contributed by atoms with van der Waals surface area (Å²) in [6.45, 7) is 0. The van der Waals surface area contributed by atoms with E-state index in [1.54, 1.807) is 0 Å². The molecule has 0 aliphatic heterocycles. The first kappa shape index (κ1) is 44.4. The molecule has 3 heterocycles. The van der Waals surface area contributed by atoms with Gasteiger partial charge in [-0.25, -0.2) is 0 Å². The average molecular weight is 1070 g/mol. The van der Waals surface area contributed by atoms with Crippen LogP contribution in [0.25, 0.3) is 162 Å². The molecule has 79 heavy (non-hydrogen) atoms. The number of aromatic nitrogens is 2. The minimum Gasteiger partial charge on any atom is -0.0602 e. The second kappa shape index (κ2) is 17.4. The molecule has 0 bridgehead atoms. The van der Waals surface area contributed by atoms with E-state index in [9.17, 15) is 0 Å². The fourth-order valence-electron chi connectivity index (χ4n) is 13.6. The number of rotatable bonds is 6. The Kier molecular flexibility index (Phi) is 9.76. The van der Waals surface area contributed by atoms with Gasteiger partial charge in [-0.1, -0.05) is 72.8 Å². The van der Waals surface area contributed by atoms with Crippen LogP contribution in [0.15, 0.2) is 279 Å². The Morgan fingerprint density at radius 1 is 0.190 bits per heavy atom. The minimum atomic E-state index is 0.145. The van der Waals surface area contributed by atoms with E-state index in [0.29, 0.717) is 0 Å². The van der Waals surface area contributed by atoms with E-state index in [4.69, 9.17) is 0 Å². The van der Waals surface area contributed by atoms with Gasteiger partial charge in [-0.3, -0.25) is 0 Å². The SMILES string of the molecule is c1ccc(-n2c3ccccc3c3ccc(-c4c5ccccc5c(-c5ccc6c(c5)[se]c5ccc(-c7c8ccccc8c(-c8ccc9c%10ccccc%10n(-c%10ccccc%10)c9c8)c8ccccc78)cc56)c5ccccc45)cc32)cc1. The number of nitrogens with zero attached hydrogens (tertiary/aromatic N) is 2. The Hall–Kier alpha value is -9.76. The summed E-state index contributed by atoms with van der Waals surface area (Å²) in [5, 5.41) is 17.9. The van der Waals surface area contributed by atoms with Crippen molar-refractivity contribution in [1.29, 1.82) is 0 Å². The molecule has 14 aromatic carbocycles. The van der Waals surface area contributed by atoms with Crippen molar-refractivity contribution in [2.75, 3.05) is 0 Å². The molecule has 0 saturated carbocycles. The molecule has 0 saturated heterocycles. The molecule has 0 atom stereocenters. The molecule has 366 valence electrons. The largest absolute Gasteiger partial charge is 0.0602 e. The van der Waals surface area contributed by atoms with Crippen molar-refractivity contribution < 1.29 is 0 Å². The second-order valence-corrected chi connectivity index (χ2v) is 23.3. The molecular formula is C76H46N2Se. The first-order chi connectivity index (χ1) is 39.2. The van der Waals surface area contributed by atoms with E-state index in [1.165, 1.54) is 151 Å². The van der Waals surface area contributed by atoms with Crippen LogP contribution in [0.4, 0.5) is 0 Å². The van der Waals surface area contributed by atoms with Crippen LogP contribution in [0.5, 0.6) is 0 Å². The molecule has 17 rings (SSSR count). The molecule has 0 amide bonds. The van der Waals surface area contributed by atoms with Crippen LogP contribution >= 0.6 is 0 Å². The topological polar surface area (TPSA) is 9.86 Å². The molecule has 0 aliphatic carbocycles. The Balaban J connectivity index is 0.817. The molecule has 0 radical (unpaired) electrons. The van der Waals surface area contributed by atoms with Gasteiger partial charge < -0.3 is 0 Å². The molecule has 3 heteroatoms. The molecule has 0 spiro atoms. The predicted octanol–water partition coefficient (Wildman–Crippen LogP) is 20.5. The maximum atomic E-state index is 2.51. The predicted molar refractivity (Wildman–Crippen MR) is 339 cm³/mol. The fourth-order valence-corrected chi connectivity index (χ4v) is 15.9. The summed E-state index contributed by atoms with van der Waals surface area (Å²) in [7, 11) is 0. The molecule has 0 N–H and O–H groups in total. The monoisotopic (exact) mass is 1070 g/mol. The van der Waals surface area contributed by atoms with Gasteiger partial charge in [0.2, 0.25) is 0 Å². The Bertz CT molecular complexity index is 5250. The molecule has 0 unspecified atom stereocenters. The van der Waals surface area contributed by atoms with Crippen LogP contribution in [-0.2, 0) is 0 Å². The number of benzene rings is 14. The van der Waals surface area contributed by atoms with E-state index >= 15 is 0 Å². The van der Waals surface area contributed by atoms with Crippen LogP contribution in [0, 0.1) is 0 Å². The number of fused-ring (bicyclic) bond motifs is 13. The molecule has 0 aliphatic rings. The van der Waals surface area contributed by atoms with Gasteiger partial charge in [-0.15, -0.1) is 0 Å². The van der Waals surface area contributed by atoms with Gasteiger partial charge in [0.15, 0.2) is 0 Å². The van der Waals surface area contributed by atoms with Crippen molar-refractivity contribution >= 4 is 120 Å². The molecular weight excluding hydrogens is 1020 g/mol. The zero-order valence-corrected chi connectivity index (χ0v) is 44.6. The van der Waals surface area contributed by atoms with E-state index < -0.39 is 0 Å². The van der Waals surface area contributed by atoms with Crippen LogP contribution in [-0.4, -0.2) is 23.6 Å². The third-order valence-electron chi connectivity index (χ3n) is 16.9. The minimum absolute atomic E-state index is 0.145. The summed E-state index contributed by atoms with van der Waals surface area (Å²) >= 11 is 0.145. The smallest absolute Gasteiger partial charge is 0.0380 e. The Morgan fingerprint density at radius 3 is 0.899 bits per heavy atom. The van der Waals surface area contributed by atoms with E-state index in [0.717, 1.165) is 11.4 Å². The molecule has 2 nitrogen and oxygen atoms in total. The first-order valence-corrected chi connectivity index (χ1v) is 29.0. The van der Waals surface area contributed by atoms with Crippen LogP contribution in [0.1, 0.15) is 0 Å².